The van der Waals surface area contributed by atoms with Gasteiger partial charge < -0.3 is 10.1 Å². The maximum absolute atomic E-state index is 12.2. The summed E-state index contributed by atoms with van der Waals surface area (Å²) in [5.41, 5.74) is 0.617. The molecule has 1 aromatic heterocycles. The van der Waals surface area contributed by atoms with Crippen LogP contribution in [0.5, 0.6) is 5.75 Å². The average Bonchev–Trinajstić information content (AvgIpc) is 2.77. The number of thiazole rings is 1. The van der Waals surface area contributed by atoms with Crippen LogP contribution in [0.15, 0.2) is 30.5 Å². The van der Waals surface area contributed by atoms with Gasteiger partial charge in [-0.05, 0) is 12.1 Å². The molecule has 0 radical (unpaired) electrons. The number of alkyl halides is 2. The molecule has 0 aliphatic carbocycles. The molecular weight excluding hydrogens is 246 g/mol. The van der Waals surface area contributed by atoms with Crippen molar-refractivity contribution in [1.29, 1.82) is 0 Å². The molecule has 1 N–H and O–H groups in total. The number of anilines is 1. The summed E-state index contributed by atoms with van der Waals surface area (Å²) in [4.78, 5) is 4.88. The Morgan fingerprint density at radius 3 is 2.76 bits per heavy atom. The van der Waals surface area contributed by atoms with E-state index < -0.39 is 6.61 Å². The minimum atomic E-state index is -2.83. The molecule has 1 aromatic carbocycles. The van der Waals surface area contributed by atoms with Crippen molar-refractivity contribution in [3.63, 3.8) is 0 Å². The lowest BCUT2D eigenvalue weighted by molar-refractivity contribution is -0.0494. The third-order valence-electron chi connectivity index (χ3n) is 2.09. The van der Waals surface area contributed by atoms with Crippen LogP contribution in [0.2, 0.25) is 0 Å². The molecule has 0 spiro atoms. The summed E-state index contributed by atoms with van der Waals surface area (Å²) < 4.78 is 28.9. The zero-order chi connectivity index (χ0) is 12.3. The fourth-order valence-corrected chi connectivity index (χ4v) is 2.18. The van der Waals surface area contributed by atoms with Crippen LogP contribution in [0.1, 0.15) is 0 Å². The van der Waals surface area contributed by atoms with Crippen molar-refractivity contribution in [3.05, 3.63) is 30.5 Å². The van der Waals surface area contributed by atoms with Crippen molar-refractivity contribution in [2.45, 2.75) is 6.61 Å². The second kappa shape index (κ2) is 5.09. The molecule has 0 aliphatic rings. The maximum Gasteiger partial charge on any atom is 0.387 e. The molecule has 2 rings (SSSR count). The van der Waals surface area contributed by atoms with Gasteiger partial charge in [0, 0.05) is 18.8 Å². The summed E-state index contributed by atoms with van der Waals surface area (Å²) >= 11 is 1.38. The Bertz CT molecular complexity index is 502. The number of nitrogens with zero attached hydrogens (tertiary/aromatic N) is 1. The molecule has 0 saturated heterocycles. The van der Waals surface area contributed by atoms with E-state index in [2.05, 4.69) is 15.0 Å². The Kier molecular flexibility index (Phi) is 3.53. The van der Waals surface area contributed by atoms with Crippen molar-refractivity contribution >= 4 is 16.5 Å². The third-order valence-corrected chi connectivity index (χ3v) is 3.14. The summed E-state index contributed by atoms with van der Waals surface area (Å²) in [5.74, 6) is 0.161. The van der Waals surface area contributed by atoms with E-state index in [1.54, 1.807) is 31.4 Å². The van der Waals surface area contributed by atoms with Gasteiger partial charge in [-0.3, -0.25) is 0 Å². The summed E-state index contributed by atoms with van der Waals surface area (Å²) in [5, 5.41) is 3.62. The molecule has 2 aromatic rings. The SMILES string of the molecule is CNc1ncc(-c2ccccc2OC(F)F)s1. The standard InChI is InChI=1S/C11H10F2N2OS/c1-14-11-15-6-9(17-11)7-4-2-3-5-8(7)16-10(12)13/h2-6,10H,1H3,(H,14,15). The summed E-state index contributed by atoms with van der Waals surface area (Å²) in [6.45, 7) is -2.83. The molecule has 0 fully saturated rings. The molecule has 0 bridgehead atoms. The van der Waals surface area contributed by atoms with E-state index in [0.29, 0.717) is 5.56 Å². The van der Waals surface area contributed by atoms with Crippen LogP contribution in [0.3, 0.4) is 0 Å². The van der Waals surface area contributed by atoms with Gasteiger partial charge in [0.25, 0.3) is 0 Å². The number of rotatable bonds is 4. The van der Waals surface area contributed by atoms with Gasteiger partial charge >= 0.3 is 6.61 Å². The van der Waals surface area contributed by atoms with Gasteiger partial charge in [0.05, 0.1) is 4.88 Å². The fraction of sp³-hybridized carbons (Fsp3) is 0.182. The van der Waals surface area contributed by atoms with Crippen molar-refractivity contribution < 1.29 is 13.5 Å². The van der Waals surface area contributed by atoms with Crippen LogP contribution in [0, 0.1) is 0 Å². The number of ether oxygens (including phenoxy) is 1. The van der Waals surface area contributed by atoms with Gasteiger partial charge in [0.2, 0.25) is 0 Å². The topological polar surface area (TPSA) is 34.2 Å². The van der Waals surface area contributed by atoms with E-state index >= 15 is 0 Å². The molecule has 0 saturated carbocycles. The number of benzene rings is 1. The van der Waals surface area contributed by atoms with Gasteiger partial charge in [0.15, 0.2) is 5.13 Å². The molecule has 0 atom stereocenters. The monoisotopic (exact) mass is 256 g/mol. The molecule has 0 amide bonds. The summed E-state index contributed by atoms with van der Waals surface area (Å²) in [6.07, 6.45) is 1.63. The molecule has 6 heteroatoms. The number of aromatic nitrogens is 1. The first kappa shape index (κ1) is 11.8. The zero-order valence-electron chi connectivity index (χ0n) is 8.98. The highest BCUT2D eigenvalue weighted by Crippen LogP contribution is 2.35. The Balaban J connectivity index is 2.36. The maximum atomic E-state index is 12.2. The minimum Gasteiger partial charge on any atom is -0.434 e. The highest BCUT2D eigenvalue weighted by atomic mass is 32.1. The van der Waals surface area contributed by atoms with Crippen LogP contribution < -0.4 is 10.1 Å². The van der Waals surface area contributed by atoms with E-state index in [1.165, 1.54) is 17.4 Å². The Morgan fingerprint density at radius 1 is 1.35 bits per heavy atom. The third kappa shape index (κ3) is 2.71. The Hall–Kier alpha value is -1.69. The first-order valence-electron chi connectivity index (χ1n) is 4.88. The predicted molar refractivity (Wildman–Crippen MR) is 63.7 cm³/mol. The van der Waals surface area contributed by atoms with Crippen LogP contribution in [-0.2, 0) is 0 Å². The van der Waals surface area contributed by atoms with E-state index in [1.807, 2.05) is 0 Å². The fourth-order valence-electron chi connectivity index (χ4n) is 1.38. The Labute approximate surface area is 101 Å². The van der Waals surface area contributed by atoms with Crippen molar-refractivity contribution in [2.24, 2.45) is 0 Å². The Morgan fingerprint density at radius 2 is 2.12 bits per heavy atom. The van der Waals surface area contributed by atoms with Gasteiger partial charge in [-0.1, -0.05) is 23.5 Å². The lowest BCUT2D eigenvalue weighted by Gasteiger charge is -2.08. The molecule has 3 nitrogen and oxygen atoms in total. The highest BCUT2D eigenvalue weighted by molar-refractivity contribution is 7.18. The highest BCUT2D eigenvalue weighted by Gasteiger charge is 2.12. The molecule has 0 aliphatic heterocycles. The van der Waals surface area contributed by atoms with E-state index in [9.17, 15) is 8.78 Å². The second-order valence-electron chi connectivity index (χ2n) is 3.15. The average molecular weight is 256 g/mol. The quantitative estimate of drug-likeness (QED) is 0.909. The summed E-state index contributed by atoms with van der Waals surface area (Å²) in [7, 11) is 1.75. The first-order valence-corrected chi connectivity index (χ1v) is 5.70. The first-order chi connectivity index (χ1) is 8.20. The number of hydrogen-bond donors (Lipinski definition) is 1. The van der Waals surface area contributed by atoms with Crippen LogP contribution >= 0.6 is 11.3 Å². The van der Waals surface area contributed by atoms with Crippen LogP contribution in [0.4, 0.5) is 13.9 Å². The van der Waals surface area contributed by atoms with E-state index in [0.717, 1.165) is 10.0 Å². The predicted octanol–water partition coefficient (Wildman–Crippen LogP) is 3.45. The number of para-hydroxylation sites is 1. The molecule has 17 heavy (non-hydrogen) atoms. The van der Waals surface area contributed by atoms with E-state index in [-0.39, 0.29) is 5.75 Å². The molecule has 90 valence electrons. The van der Waals surface area contributed by atoms with Crippen LogP contribution in [-0.4, -0.2) is 18.6 Å². The van der Waals surface area contributed by atoms with Crippen molar-refractivity contribution in [3.8, 4) is 16.2 Å². The number of nitrogens with one attached hydrogen (secondary N) is 1. The van der Waals surface area contributed by atoms with Gasteiger partial charge in [-0.15, -0.1) is 0 Å². The lowest BCUT2D eigenvalue weighted by atomic mass is 10.2. The van der Waals surface area contributed by atoms with Crippen molar-refractivity contribution in [1.82, 2.24) is 4.98 Å². The smallest absolute Gasteiger partial charge is 0.387 e. The van der Waals surface area contributed by atoms with Gasteiger partial charge in [0.1, 0.15) is 5.75 Å². The minimum absolute atomic E-state index is 0.161. The van der Waals surface area contributed by atoms with E-state index in [4.69, 9.17) is 0 Å². The van der Waals surface area contributed by atoms with Crippen LogP contribution in [0.25, 0.3) is 10.4 Å². The zero-order valence-corrected chi connectivity index (χ0v) is 9.80. The van der Waals surface area contributed by atoms with Gasteiger partial charge in [-0.25, -0.2) is 4.98 Å². The lowest BCUT2D eigenvalue weighted by Crippen LogP contribution is -2.02. The molecule has 1 heterocycles. The number of hydrogen-bond acceptors (Lipinski definition) is 4. The largest absolute Gasteiger partial charge is 0.434 e. The molecular formula is C11H10F2N2OS. The number of halogens is 2. The second-order valence-corrected chi connectivity index (χ2v) is 4.18. The molecule has 0 unspecified atom stereocenters. The summed E-state index contributed by atoms with van der Waals surface area (Å²) in [6, 6.07) is 6.67. The van der Waals surface area contributed by atoms with Crippen molar-refractivity contribution in [2.75, 3.05) is 12.4 Å². The normalized spacial score (nSPS) is 10.6. The van der Waals surface area contributed by atoms with Gasteiger partial charge in [-0.2, -0.15) is 8.78 Å².